The lowest BCUT2D eigenvalue weighted by Crippen LogP contribution is -2.39. The summed E-state index contributed by atoms with van der Waals surface area (Å²) in [7, 11) is 1.21. The van der Waals surface area contributed by atoms with Crippen LogP contribution in [0.4, 0.5) is 10.7 Å². The van der Waals surface area contributed by atoms with Crippen LogP contribution in [0.1, 0.15) is 25.5 Å². The van der Waals surface area contributed by atoms with Gasteiger partial charge in [-0.05, 0) is 13.8 Å². The first-order valence-corrected chi connectivity index (χ1v) is 8.20. The minimum absolute atomic E-state index is 0.0551. The van der Waals surface area contributed by atoms with Gasteiger partial charge in [0.15, 0.2) is 17.2 Å². The van der Waals surface area contributed by atoms with Gasteiger partial charge in [-0.1, -0.05) is 34.8 Å². The monoisotopic (exact) mass is 398 g/mol. The van der Waals surface area contributed by atoms with Crippen LogP contribution >= 0.6 is 34.8 Å². The molecule has 1 saturated heterocycles. The third-order valence-electron chi connectivity index (χ3n) is 3.21. The lowest BCUT2D eigenvalue weighted by molar-refractivity contribution is -0.0146. The molecule has 1 aromatic heterocycles. The summed E-state index contributed by atoms with van der Waals surface area (Å²) in [5.41, 5.74) is -1.21. The predicted octanol–water partition coefficient (Wildman–Crippen LogP) is 2.55. The molecule has 2 rings (SSSR count). The van der Waals surface area contributed by atoms with E-state index >= 15 is 0 Å². The van der Waals surface area contributed by atoms with E-state index in [0.717, 1.165) is 0 Å². The van der Waals surface area contributed by atoms with E-state index in [-0.39, 0.29) is 11.6 Å². The number of halogens is 3. The number of hydrogen-bond acceptors (Lipinski definition) is 8. The molecule has 1 aliphatic heterocycles. The standard InChI is InChI=1S/C13H17Cl3N4O4/c1-12(2,24-11(21)22-3)8-17-9(13(14,15)16)19-10(18-8)20-4-6-23-7-5-20/h4-7H2,1-3H3. The minimum Gasteiger partial charge on any atom is -0.438 e. The van der Waals surface area contributed by atoms with Crippen molar-refractivity contribution < 1.29 is 19.0 Å². The highest BCUT2D eigenvalue weighted by Gasteiger charge is 2.35. The van der Waals surface area contributed by atoms with Gasteiger partial charge in [-0.25, -0.2) is 9.78 Å². The van der Waals surface area contributed by atoms with Crippen molar-refractivity contribution in [2.75, 3.05) is 38.3 Å². The summed E-state index contributed by atoms with van der Waals surface area (Å²) >= 11 is 17.8. The Labute approximate surface area is 154 Å². The predicted molar refractivity (Wildman–Crippen MR) is 88.6 cm³/mol. The van der Waals surface area contributed by atoms with Crippen LogP contribution in [-0.2, 0) is 23.6 Å². The molecule has 0 atom stereocenters. The highest BCUT2D eigenvalue weighted by atomic mass is 35.6. The fraction of sp³-hybridized carbons (Fsp3) is 0.692. The number of morpholine rings is 1. The Balaban J connectivity index is 2.44. The van der Waals surface area contributed by atoms with E-state index in [1.807, 2.05) is 4.90 Å². The van der Waals surface area contributed by atoms with Crippen LogP contribution in [0, 0.1) is 0 Å². The second kappa shape index (κ2) is 7.43. The van der Waals surface area contributed by atoms with E-state index in [1.54, 1.807) is 13.8 Å². The molecular weight excluding hydrogens is 383 g/mol. The first kappa shape index (κ1) is 19.2. The van der Waals surface area contributed by atoms with Gasteiger partial charge in [0.25, 0.3) is 0 Å². The van der Waals surface area contributed by atoms with E-state index in [9.17, 15) is 4.79 Å². The molecule has 8 nitrogen and oxygen atoms in total. The topological polar surface area (TPSA) is 86.7 Å². The van der Waals surface area contributed by atoms with Crippen molar-refractivity contribution in [1.29, 1.82) is 0 Å². The lowest BCUT2D eigenvalue weighted by atomic mass is 10.1. The number of carbonyl (C=O) groups excluding carboxylic acids is 1. The zero-order valence-corrected chi connectivity index (χ0v) is 15.7. The molecule has 0 saturated carbocycles. The number of methoxy groups -OCH3 is 1. The third-order valence-corrected chi connectivity index (χ3v) is 3.72. The zero-order valence-electron chi connectivity index (χ0n) is 13.4. The lowest BCUT2D eigenvalue weighted by Gasteiger charge is -2.29. The van der Waals surface area contributed by atoms with E-state index < -0.39 is 15.5 Å². The Bertz CT molecular complexity index is 603. The molecule has 24 heavy (non-hydrogen) atoms. The molecule has 1 aromatic rings. The molecule has 1 fully saturated rings. The maximum Gasteiger partial charge on any atom is 0.508 e. The Hall–Kier alpha value is -1.09. The van der Waals surface area contributed by atoms with Crippen LogP contribution in [0.2, 0.25) is 0 Å². The largest absolute Gasteiger partial charge is 0.508 e. The van der Waals surface area contributed by atoms with Crippen LogP contribution in [0.25, 0.3) is 0 Å². The van der Waals surface area contributed by atoms with Crippen molar-refractivity contribution in [1.82, 2.24) is 15.0 Å². The number of aromatic nitrogens is 3. The highest BCUT2D eigenvalue weighted by Crippen LogP contribution is 2.37. The molecule has 0 N–H and O–H groups in total. The molecule has 2 heterocycles. The average Bonchev–Trinajstić information content (AvgIpc) is 2.54. The summed E-state index contributed by atoms with van der Waals surface area (Å²) in [5, 5.41) is 0. The first-order chi connectivity index (χ1) is 11.1. The average molecular weight is 400 g/mol. The van der Waals surface area contributed by atoms with Gasteiger partial charge in [0, 0.05) is 13.1 Å². The number of carbonyl (C=O) groups is 1. The van der Waals surface area contributed by atoms with Crippen molar-refractivity contribution in [2.24, 2.45) is 0 Å². The van der Waals surface area contributed by atoms with Crippen molar-refractivity contribution in [3.05, 3.63) is 11.6 Å². The van der Waals surface area contributed by atoms with Crippen molar-refractivity contribution in [3.63, 3.8) is 0 Å². The molecule has 0 aliphatic carbocycles. The Morgan fingerprint density at radius 3 is 2.25 bits per heavy atom. The molecule has 11 heteroatoms. The second-order valence-electron chi connectivity index (χ2n) is 5.45. The van der Waals surface area contributed by atoms with Crippen LogP contribution in [-0.4, -0.2) is 54.5 Å². The molecule has 0 bridgehead atoms. The van der Waals surface area contributed by atoms with Crippen LogP contribution in [0.5, 0.6) is 0 Å². The Morgan fingerprint density at radius 1 is 1.12 bits per heavy atom. The fourth-order valence-electron chi connectivity index (χ4n) is 1.96. The number of alkyl halides is 3. The zero-order chi connectivity index (χ0) is 18.0. The van der Waals surface area contributed by atoms with Crippen molar-refractivity contribution >= 4 is 46.9 Å². The van der Waals surface area contributed by atoms with Crippen LogP contribution in [0.15, 0.2) is 0 Å². The maximum atomic E-state index is 11.4. The summed E-state index contributed by atoms with van der Waals surface area (Å²) in [6.45, 7) is 5.44. The minimum atomic E-state index is -1.85. The van der Waals surface area contributed by atoms with Gasteiger partial charge in [0.2, 0.25) is 9.74 Å². The molecule has 0 radical (unpaired) electrons. The van der Waals surface area contributed by atoms with E-state index in [0.29, 0.717) is 32.3 Å². The molecule has 0 unspecified atom stereocenters. The number of anilines is 1. The summed E-state index contributed by atoms with van der Waals surface area (Å²) in [6, 6.07) is 0. The summed E-state index contributed by atoms with van der Waals surface area (Å²) in [6.07, 6.45) is -0.872. The summed E-state index contributed by atoms with van der Waals surface area (Å²) < 4.78 is 13.2. The van der Waals surface area contributed by atoms with Gasteiger partial charge in [-0.2, -0.15) is 9.97 Å². The van der Waals surface area contributed by atoms with Gasteiger partial charge in [0.05, 0.1) is 20.3 Å². The molecule has 1 aliphatic rings. The molecular formula is C13H17Cl3N4O4. The maximum absolute atomic E-state index is 11.4. The SMILES string of the molecule is COC(=O)OC(C)(C)c1nc(N2CCOCC2)nc(C(Cl)(Cl)Cl)n1. The Morgan fingerprint density at radius 2 is 1.71 bits per heavy atom. The van der Waals surface area contributed by atoms with Crippen molar-refractivity contribution in [2.45, 2.75) is 23.2 Å². The smallest absolute Gasteiger partial charge is 0.438 e. The van der Waals surface area contributed by atoms with Crippen molar-refractivity contribution in [3.8, 4) is 0 Å². The summed E-state index contributed by atoms with van der Waals surface area (Å²) in [5.74, 6) is 0.414. The van der Waals surface area contributed by atoms with E-state index in [2.05, 4.69) is 19.7 Å². The molecule has 0 spiro atoms. The number of hydrogen-bond donors (Lipinski definition) is 0. The number of nitrogens with zero attached hydrogens (tertiary/aromatic N) is 4. The van der Waals surface area contributed by atoms with Gasteiger partial charge >= 0.3 is 6.16 Å². The van der Waals surface area contributed by atoms with E-state index in [1.165, 1.54) is 7.11 Å². The van der Waals surface area contributed by atoms with Gasteiger partial charge in [-0.3, -0.25) is 0 Å². The number of rotatable bonds is 3. The Kier molecular flexibility index (Phi) is 5.95. The van der Waals surface area contributed by atoms with Crippen LogP contribution < -0.4 is 4.90 Å². The van der Waals surface area contributed by atoms with Gasteiger partial charge in [-0.15, -0.1) is 0 Å². The first-order valence-electron chi connectivity index (χ1n) is 7.07. The quantitative estimate of drug-likeness (QED) is 0.566. The second-order valence-corrected chi connectivity index (χ2v) is 7.73. The van der Waals surface area contributed by atoms with Gasteiger partial charge < -0.3 is 19.1 Å². The third kappa shape index (κ3) is 4.72. The molecule has 0 aromatic carbocycles. The normalized spacial score (nSPS) is 16.0. The molecule has 134 valence electrons. The molecule has 0 amide bonds. The fourth-order valence-corrected chi connectivity index (χ4v) is 2.21. The van der Waals surface area contributed by atoms with Gasteiger partial charge in [0.1, 0.15) is 0 Å². The number of ether oxygens (including phenoxy) is 3. The summed E-state index contributed by atoms with van der Waals surface area (Å²) in [4.78, 5) is 26.1. The highest BCUT2D eigenvalue weighted by molar-refractivity contribution is 6.66. The van der Waals surface area contributed by atoms with Crippen LogP contribution in [0.3, 0.4) is 0 Å². The van der Waals surface area contributed by atoms with E-state index in [4.69, 9.17) is 44.3 Å².